The van der Waals surface area contributed by atoms with Gasteiger partial charge in [-0.05, 0) is 42.8 Å². The first kappa shape index (κ1) is 16.2. The van der Waals surface area contributed by atoms with E-state index in [1.165, 1.54) is 30.3 Å². The van der Waals surface area contributed by atoms with Crippen molar-refractivity contribution in [1.29, 1.82) is 0 Å². The molecular formula is C13H11Cl3N2O2S. The largest absolute Gasteiger partial charge is 0.398 e. The average molecular weight is 366 g/mol. The van der Waals surface area contributed by atoms with Gasteiger partial charge in [0.05, 0.1) is 15.6 Å². The van der Waals surface area contributed by atoms with Crippen molar-refractivity contribution in [2.45, 2.75) is 11.8 Å². The van der Waals surface area contributed by atoms with Crippen LogP contribution in [0, 0.1) is 6.92 Å². The van der Waals surface area contributed by atoms with Crippen LogP contribution in [0.1, 0.15) is 5.56 Å². The number of nitrogens with one attached hydrogen (secondary N) is 1. The molecule has 0 amide bonds. The second kappa shape index (κ2) is 5.93. The Hall–Kier alpha value is -1.14. The van der Waals surface area contributed by atoms with Crippen molar-refractivity contribution in [2.75, 3.05) is 10.5 Å². The molecule has 2 rings (SSSR count). The normalized spacial score (nSPS) is 11.4. The maximum atomic E-state index is 12.3. The Labute approximate surface area is 137 Å². The van der Waals surface area contributed by atoms with E-state index in [2.05, 4.69) is 4.72 Å². The molecule has 0 aliphatic heterocycles. The summed E-state index contributed by atoms with van der Waals surface area (Å²) in [5.41, 5.74) is 6.88. The predicted octanol–water partition coefficient (Wildman–Crippen LogP) is 4.34. The van der Waals surface area contributed by atoms with Crippen molar-refractivity contribution < 1.29 is 8.42 Å². The minimum absolute atomic E-state index is 0.0402. The fourth-order valence-electron chi connectivity index (χ4n) is 1.61. The van der Waals surface area contributed by atoms with Crippen LogP contribution in [-0.4, -0.2) is 8.42 Å². The van der Waals surface area contributed by atoms with Gasteiger partial charge in [0, 0.05) is 15.7 Å². The molecule has 112 valence electrons. The Balaban J connectivity index is 2.43. The minimum atomic E-state index is -3.85. The van der Waals surface area contributed by atoms with Crippen molar-refractivity contribution in [1.82, 2.24) is 0 Å². The lowest BCUT2D eigenvalue weighted by Gasteiger charge is -2.12. The number of hydrogen-bond acceptors (Lipinski definition) is 3. The monoisotopic (exact) mass is 364 g/mol. The summed E-state index contributed by atoms with van der Waals surface area (Å²) in [6.45, 7) is 1.71. The molecule has 8 heteroatoms. The highest BCUT2D eigenvalue weighted by molar-refractivity contribution is 7.92. The number of nitrogen functional groups attached to an aromatic ring is 1. The first-order valence-corrected chi connectivity index (χ1v) is 8.36. The fourth-order valence-corrected chi connectivity index (χ4v) is 3.55. The highest BCUT2D eigenvalue weighted by Gasteiger charge is 2.18. The first-order valence-electron chi connectivity index (χ1n) is 5.74. The highest BCUT2D eigenvalue weighted by Crippen LogP contribution is 2.30. The van der Waals surface area contributed by atoms with Gasteiger partial charge < -0.3 is 5.73 Å². The van der Waals surface area contributed by atoms with Crippen molar-refractivity contribution in [3.63, 3.8) is 0 Å². The Kier molecular flexibility index (Phi) is 4.58. The van der Waals surface area contributed by atoms with Crippen molar-refractivity contribution >= 4 is 56.2 Å². The number of sulfonamides is 1. The smallest absolute Gasteiger partial charge is 0.262 e. The quantitative estimate of drug-likeness (QED) is 0.795. The average Bonchev–Trinajstić information content (AvgIpc) is 2.38. The van der Waals surface area contributed by atoms with Crippen LogP contribution in [-0.2, 0) is 10.0 Å². The van der Waals surface area contributed by atoms with Crippen LogP contribution in [0.4, 0.5) is 11.4 Å². The molecule has 0 radical (unpaired) electrons. The van der Waals surface area contributed by atoms with Gasteiger partial charge in [-0.25, -0.2) is 8.42 Å². The molecule has 0 aliphatic rings. The van der Waals surface area contributed by atoms with Crippen molar-refractivity contribution in [3.8, 4) is 0 Å². The number of benzene rings is 2. The summed E-state index contributed by atoms with van der Waals surface area (Å²) in [5.74, 6) is 0. The van der Waals surface area contributed by atoms with Crippen LogP contribution < -0.4 is 10.5 Å². The molecular weight excluding hydrogens is 355 g/mol. The van der Waals surface area contributed by atoms with Crippen LogP contribution >= 0.6 is 34.8 Å². The molecule has 0 heterocycles. The third-order valence-electron chi connectivity index (χ3n) is 2.84. The molecule has 2 aromatic carbocycles. The van der Waals surface area contributed by atoms with E-state index < -0.39 is 10.0 Å². The lowest BCUT2D eigenvalue weighted by atomic mass is 10.2. The first-order chi connectivity index (χ1) is 9.70. The van der Waals surface area contributed by atoms with Gasteiger partial charge in [-0.1, -0.05) is 34.8 Å². The van der Waals surface area contributed by atoms with E-state index >= 15 is 0 Å². The SMILES string of the molecule is Cc1c(N)cc(S(=O)(=O)Nc2ccc(Cl)cc2Cl)cc1Cl. The molecule has 0 unspecified atom stereocenters. The number of nitrogens with two attached hydrogens (primary N) is 1. The van der Waals surface area contributed by atoms with E-state index in [4.69, 9.17) is 40.5 Å². The molecule has 0 fully saturated rings. The lowest BCUT2D eigenvalue weighted by molar-refractivity contribution is 0.601. The van der Waals surface area contributed by atoms with Crippen LogP contribution in [0.5, 0.6) is 0 Å². The van der Waals surface area contributed by atoms with E-state index in [0.29, 0.717) is 16.3 Å². The predicted molar refractivity (Wildman–Crippen MR) is 87.9 cm³/mol. The Bertz CT molecular complexity index is 784. The standard InChI is InChI=1S/C13H11Cl3N2O2S/c1-7-10(15)5-9(6-12(7)17)21(19,20)18-13-3-2-8(14)4-11(13)16/h2-6,18H,17H2,1H3. The molecule has 0 saturated heterocycles. The molecule has 0 saturated carbocycles. The topological polar surface area (TPSA) is 72.2 Å². The summed E-state index contributed by atoms with van der Waals surface area (Å²) >= 11 is 17.7. The van der Waals surface area contributed by atoms with Gasteiger partial charge in [-0.3, -0.25) is 4.72 Å². The third-order valence-corrected chi connectivity index (χ3v) is 5.13. The molecule has 0 aliphatic carbocycles. The van der Waals surface area contributed by atoms with E-state index in [9.17, 15) is 8.42 Å². The molecule has 0 spiro atoms. The van der Waals surface area contributed by atoms with Crippen LogP contribution in [0.2, 0.25) is 15.1 Å². The second-order valence-electron chi connectivity index (χ2n) is 4.35. The number of rotatable bonds is 3. The summed E-state index contributed by atoms with van der Waals surface area (Å²) in [7, 11) is -3.85. The molecule has 3 N–H and O–H groups in total. The van der Waals surface area contributed by atoms with Crippen LogP contribution in [0.25, 0.3) is 0 Å². The zero-order chi connectivity index (χ0) is 15.8. The third kappa shape index (κ3) is 3.55. The molecule has 2 aromatic rings. The van der Waals surface area contributed by atoms with Crippen LogP contribution in [0.15, 0.2) is 35.2 Å². The maximum Gasteiger partial charge on any atom is 0.262 e. The summed E-state index contributed by atoms with van der Waals surface area (Å²) < 4.78 is 27.0. The maximum absolute atomic E-state index is 12.3. The number of hydrogen-bond donors (Lipinski definition) is 2. The van der Waals surface area contributed by atoms with E-state index in [0.717, 1.165) is 0 Å². The van der Waals surface area contributed by atoms with Crippen molar-refractivity contribution in [2.24, 2.45) is 0 Å². The van der Waals surface area contributed by atoms with Crippen molar-refractivity contribution in [3.05, 3.63) is 51.0 Å². The molecule has 0 atom stereocenters. The lowest BCUT2D eigenvalue weighted by Crippen LogP contribution is -2.14. The Morgan fingerprint density at radius 2 is 1.71 bits per heavy atom. The van der Waals surface area contributed by atoms with Gasteiger partial charge in [0.1, 0.15) is 0 Å². The summed E-state index contributed by atoms with van der Waals surface area (Å²) in [4.78, 5) is -0.0402. The van der Waals surface area contributed by atoms with E-state index in [1.54, 1.807) is 6.92 Å². The minimum Gasteiger partial charge on any atom is -0.398 e. The second-order valence-corrected chi connectivity index (χ2v) is 7.28. The van der Waals surface area contributed by atoms with Gasteiger partial charge in [-0.2, -0.15) is 0 Å². The van der Waals surface area contributed by atoms with E-state index in [1.807, 2.05) is 0 Å². The zero-order valence-electron chi connectivity index (χ0n) is 10.8. The van der Waals surface area contributed by atoms with Crippen LogP contribution in [0.3, 0.4) is 0 Å². The molecule has 21 heavy (non-hydrogen) atoms. The van der Waals surface area contributed by atoms with Gasteiger partial charge in [0.25, 0.3) is 10.0 Å². The van der Waals surface area contributed by atoms with Gasteiger partial charge >= 0.3 is 0 Å². The zero-order valence-corrected chi connectivity index (χ0v) is 13.9. The van der Waals surface area contributed by atoms with Gasteiger partial charge in [-0.15, -0.1) is 0 Å². The highest BCUT2D eigenvalue weighted by atomic mass is 35.5. The van der Waals surface area contributed by atoms with Gasteiger partial charge in [0.2, 0.25) is 0 Å². The summed E-state index contributed by atoms with van der Waals surface area (Å²) in [5, 5.41) is 0.875. The summed E-state index contributed by atoms with van der Waals surface area (Å²) in [6, 6.07) is 7.12. The molecule has 0 aromatic heterocycles. The Morgan fingerprint density at radius 1 is 1.05 bits per heavy atom. The Morgan fingerprint density at radius 3 is 2.29 bits per heavy atom. The number of halogens is 3. The fraction of sp³-hybridized carbons (Fsp3) is 0.0769. The van der Waals surface area contributed by atoms with Gasteiger partial charge in [0.15, 0.2) is 0 Å². The van der Waals surface area contributed by atoms with E-state index in [-0.39, 0.29) is 20.6 Å². The number of anilines is 2. The molecule has 4 nitrogen and oxygen atoms in total. The molecule has 0 bridgehead atoms. The summed E-state index contributed by atoms with van der Waals surface area (Å²) in [6.07, 6.45) is 0.